The van der Waals surface area contributed by atoms with Crippen molar-refractivity contribution >= 4 is 25.9 Å². The van der Waals surface area contributed by atoms with Gasteiger partial charge in [0, 0.05) is 0 Å². The third-order valence-corrected chi connectivity index (χ3v) is 11.4. The van der Waals surface area contributed by atoms with Gasteiger partial charge < -0.3 is 8.23 Å². The van der Waals surface area contributed by atoms with Gasteiger partial charge >= 0.3 is 0 Å². The highest BCUT2D eigenvalue weighted by atomic mass is 28.4. The summed E-state index contributed by atoms with van der Waals surface area (Å²) in [6.45, 7) is 18.2. The maximum Gasteiger partial charge on any atom is 0.298 e. The SMILES string of the molecule is C=C[Si](C)(C)O[SiH](C)O[Si](C)(C)C=C. The van der Waals surface area contributed by atoms with Crippen molar-refractivity contribution < 1.29 is 8.23 Å². The number of rotatable bonds is 6. The van der Waals surface area contributed by atoms with E-state index in [1.807, 2.05) is 11.4 Å². The summed E-state index contributed by atoms with van der Waals surface area (Å²) < 4.78 is 11.9. The van der Waals surface area contributed by atoms with Crippen molar-refractivity contribution in [2.24, 2.45) is 0 Å². The topological polar surface area (TPSA) is 18.5 Å². The van der Waals surface area contributed by atoms with Gasteiger partial charge in [-0.3, -0.25) is 0 Å². The standard InChI is InChI=1S/C9H22O2Si3/c1-8-13(4,5)10-12(3)11-14(6,7)9-2/h8-9,12H,1-2H2,3-7H3. The van der Waals surface area contributed by atoms with Gasteiger partial charge in [0.05, 0.1) is 0 Å². The molecule has 0 fully saturated rings. The van der Waals surface area contributed by atoms with Gasteiger partial charge in [-0.1, -0.05) is 11.4 Å². The third-order valence-electron chi connectivity index (χ3n) is 1.92. The first-order valence-corrected chi connectivity index (χ1v) is 12.9. The molecule has 2 nitrogen and oxygen atoms in total. The van der Waals surface area contributed by atoms with Crippen LogP contribution in [0.15, 0.2) is 24.6 Å². The van der Waals surface area contributed by atoms with Crippen LogP contribution in [0, 0.1) is 0 Å². The Balaban J connectivity index is 4.17. The fourth-order valence-electron chi connectivity index (χ4n) is 0.976. The van der Waals surface area contributed by atoms with Crippen molar-refractivity contribution in [3.63, 3.8) is 0 Å². The molecule has 0 spiro atoms. The summed E-state index contributed by atoms with van der Waals surface area (Å²) in [5.41, 5.74) is 3.89. The number of hydrogen-bond donors (Lipinski definition) is 0. The van der Waals surface area contributed by atoms with Crippen molar-refractivity contribution in [3.05, 3.63) is 24.6 Å². The summed E-state index contributed by atoms with van der Waals surface area (Å²) >= 11 is 0. The minimum Gasteiger partial charge on any atom is -0.435 e. The first-order valence-electron chi connectivity index (χ1n) is 4.85. The van der Waals surface area contributed by atoms with Gasteiger partial charge in [-0.05, 0) is 32.7 Å². The van der Waals surface area contributed by atoms with Crippen LogP contribution in [0.4, 0.5) is 0 Å². The Morgan fingerprint density at radius 1 is 0.929 bits per heavy atom. The predicted octanol–water partition coefficient (Wildman–Crippen LogP) is 2.73. The van der Waals surface area contributed by atoms with Crippen LogP contribution in [0.5, 0.6) is 0 Å². The maximum absolute atomic E-state index is 5.95. The van der Waals surface area contributed by atoms with Crippen LogP contribution in [-0.4, -0.2) is 25.9 Å². The Morgan fingerprint density at radius 3 is 1.43 bits per heavy atom. The zero-order valence-corrected chi connectivity index (χ0v) is 13.1. The first kappa shape index (κ1) is 14.1. The molecule has 0 atom stereocenters. The second kappa shape index (κ2) is 5.22. The minimum atomic E-state index is -1.66. The molecule has 0 aromatic carbocycles. The molecule has 0 bridgehead atoms. The van der Waals surface area contributed by atoms with E-state index in [-0.39, 0.29) is 0 Å². The lowest BCUT2D eigenvalue weighted by Crippen LogP contribution is -2.42. The molecule has 0 rings (SSSR count). The third kappa shape index (κ3) is 5.71. The molecule has 82 valence electrons. The fraction of sp³-hybridized carbons (Fsp3) is 0.556. The molecule has 0 aliphatic carbocycles. The molecule has 0 aromatic rings. The molecule has 0 aromatic heterocycles. The van der Waals surface area contributed by atoms with Gasteiger partial charge in [-0.25, -0.2) is 0 Å². The van der Waals surface area contributed by atoms with Gasteiger partial charge in [-0.2, -0.15) is 0 Å². The second-order valence-corrected chi connectivity index (χ2v) is 14.7. The lowest BCUT2D eigenvalue weighted by Gasteiger charge is -2.28. The normalized spacial score (nSPS) is 13.0. The fourth-order valence-corrected chi connectivity index (χ4v) is 9.21. The second-order valence-electron chi connectivity index (χ2n) is 4.42. The molecule has 0 aliphatic heterocycles. The van der Waals surface area contributed by atoms with E-state index in [9.17, 15) is 0 Å². The molecule has 14 heavy (non-hydrogen) atoms. The van der Waals surface area contributed by atoms with E-state index in [0.717, 1.165) is 0 Å². The highest BCUT2D eigenvalue weighted by Gasteiger charge is 2.27. The van der Waals surface area contributed by atoms with Crippen LogP contribution < -0.4 is 0 Å². The predicted molar refractivity (Wildman–Crippen MR) is 70.5 cm³/mol. The van der Waals surface area contributed by atoms with Gasteiger partial charge in [0.15, 0.2) is 16.6 Å². The highest BCUT2D eigenvalue weighted by Crippen LogP contribution is 2.12. The molecular weight excluding hydrogens is 224 g/mol. The molecule has 0 heterocycles. The number of hydrogen-bond acceptors (Lipinski definition) is 2. The van der Waals surface area contributed by atoms with Crippen molar-refractivity contribution in [2.45, 2.75) is 32.7 Å². The van der Waals surface area contributed by atoms with E-state index in [1.54, 1.807) is 0 Å². The summed E-state index contributed by atoms with van der Waals surface area (Å²) in [4.78, 5) is 0. The van der Waals surface area contributed by atoms with Crippen LogP contribution in [0.3, 0.4) is 0 Å². The van der Waals surface area contributed by atoms with E-state index in [4.69, 9.17) is 8.23 Å². The van der Waals surface area contributed by atoms with Crippen LogP contribution in [0.2, 0.25) is 32.7 Å². The van der Waals surface area contributed by atoms with Crippen LogP contribution >= 0.6 is 0 Å². The Kier molecular flexibility index (Phi) is 5.24. The average Bonchev–Trinajstić information content (AvgIpc) is 2.02. The summed E-state index contributed by atoms with van der Waals surface area (Å²) in [5, 5.41) is 0. The summed E-state index contributed by atoms with van der Waals surface area (Å²) in [6, 6.07) is 0. The van der Waals surface area contributed by atoms with Gasteiger partial charge in [0.2, 0.25) is 0 Å². The van der Waals surface area contributed by atoms with Crippen LogP contribution in [-0.2, 0) is 8.23 Å². The molecule has 0 saturated heterocycles. The quantitative estimate of drug-likeness (QED) is 0.671. The zero-order chi connectivity index (χ0) is 11.4. The Hall–Kier alpha value is 0.0506. The van der Waals surface area contributed by atoms with Gasteiger partial charge in [0.1, 0.15) is 0 Å². The van der Waals surface area contributed by atoms with Crippen molar-refractivity contribution in [1.29, 1.82) is 0 Å². The summed E-state index contributed by atoms with van der Waals surface area (Å²) in [7, 11) is -4.84. The van der Waals surface area contributed by atoms with E-state index in [0.29, 0.717) is 0 Å². The Morgan fingerprint density at radius 2 is 1.21 bits per heavy atom. The lowest BCUT2D eigenvalue weighted by atomic mass is 11.3. The average molecular weight is 247 g/mol. The van der Waals surface area contributed by atoms with Crippen LogP contribution in [0.25, 0.3) is 0 Å². The minimum absolute atomic E-state index is 1.51. The summed E-state index contributed by atoms with van der Waals surface area (Å²) in [5.74, 6) is 0. The van der Waals surface area contributed by atoms with Crippen molar-refractivity contribution in [1.82, 2.24) is 0 Å². The Bertz CT molecular complexity index is 192. The van der Waals surface area contributed by atoms with E-state index >= 15 is 0 Å². The van der Waals surface area contributed by atoms with E-state index in [2.05, 4.69) is 45.9 Å². The summed E-state index contributed by atoms with van der Waals surface area (Å²) in [6.07, 6.45) is 0. The molecule has 0 radical (unpaired) electrons. The monoisotopic (exact) mass is 246 g/mol. The molecule has 0 aliphatic rings. The molecule has 0 unspecified atom stereocenters. The highest BCUT2D eigenvalue weighted by molar-refractivity contribution is 6.85. The Labute approximate surface area is 91.7 Å². The van der Waals surface area contributed by atoms with Crippen molar-refractivity contribution in [2.75, 3.05) is 0 Å². The van der Waals surface area contributed by atoms with Gasteiger partial charge in [-0.15, -0.1) is 13.2 Å². The first-order chi connectivity index (χ1) is 6.22. The molecule has 5 heteroatoms. The zero-order valence-electron chi connectivity index (χ0n) is 9.96. The van der Waals surface area contributed by atoms with Crippen LogP contribution in [0.1, 0.15) is 0 Å². The molecule has 0 saturated carbocycles. The van der Waals surface area contributed by atoms with Crippen molar-refractivity contribution in [3.8, 4) is 0 Å². The molecule has 0 N–H and O–H groups in total. The molecular formula is C9H22O2Si3. The maximum atomic E-state index is 5.95. The molecule has 0 amide bonds. The van der Waals surface area contributed by atoms with E-state index in [1.165, 1.54) is 0 Å². The van der Waals surface area contributed by atoms with Gasteiger partial charge in [0.25, 0.3) is 9.28 Å². The smallest absolute Gasteiger partial charge is 0.298 e. The lowest BCUT2D eigenvalue weighted by molar-refractivity contribution is 0.433. The largest absolute Gasteiger partial charge is 0.435 e. The van der Waals surface area contributed by atoms with E-state index < -0.39 is 25.9 Å².